The van der Waals surface area contributed by atoms with E-state index in [0.29, 0.717) is 12.7 Å². The van der Waals surface area contributed by atoms with E-state index < -0.39 is 90.3 Å². The lowest BCUT2D eigenvalue weighted by Gasteiger charge is -2.14. The van der Waals surface area contributed by atoms with Crippen LogP contribution in [-0.2, 0) is 9.84 Å². The molecule has 0 heterocycles. The number of hydrogen-bond acceptors (Lipinski definition) is 5. The van der Waals surface area contributed by atoms with Gasteiger partial charge >= 0.3 is 0 Å². The van der Waals surface area contributed by atoms with Gasteiger partial charge in [0.05, 0.1) is 16.9 Å². The molecule has 0 radical (unpaired) electrons. The summed E-state index contributed by atoms with van der Waals surface area (Å²) in [6.45, 7) is 0.610. The molecular formula is C27H14F8O5S. The molecule has 5 nitrogen and oxygen atoms in total. The summed E-state index contributed by atoms with van der Waals surface area (Å²) in [5.74, 6) is -22.7. The van der Waals surface area contributed by atoms with Gasteiger partial charge in [-0.15, -0.1) is 0 Å². The minimum absolute atomic E-state index is 0.130. The van der Waals surface area contributed by atoms with Crippen molar-refractivity contribution in [3.8, 4) is 17.2 Å². The molecule has 0 atom stereocenters. The number of ether oxygens (including phenoxy) is 2. The SMILES string of the molecule is COc1ccc(S(=O)(=O)c2ccc(Oc3c(F)c(F)c(C(=O)c4c(F)c(F)c(C)c(F)c4F)c(F)c3F)cc2)cc1. The van der Waals surface area contributed by atoms with Crippen LogP contribution in [0.5, 0.6) is 17.2 Å². The van der Waals surface area contributed by atoms with Crippen molar-refractivity contribution in [3.63, 3.8) is 0 Å². The first kappa shape index (κ1) is 29.5. The molecular weight excluding hydrogens is 588 g/mol. The molecule has 4 aromatic rings. The van der Waals surface area contributed by atoms with Gasteiger partial charge in [0, 0.05) is 5.56 Å². The zero-order valence-corrected chi connectivity index (χ0v) is 21.4. The summed E-state index contributed by atoms with van der Waals surface area (Å²) in [6, 6.07) is 9.01. The van der Waals surface area contributed by atoms with Crippen molar-refractivity contribution in [2.24, 2.45) is 0 Å². The summed E-state index contributed by atoms with van der Waals surface area (Å²) < 4.78 is 151. The van der Waals surface area contributed by atoms with Gasteiger partial charge in [-0.3, -0.25) is 4.79 Å². The largest absolute Gasteiger partial charge is 0.497 e. The van der Waals surface area contributed by atoms with Gasteiger partial charge in [-0.1, -0.05) is 0 Å². The highest BCUT2D eigenvalue weighted by atomic mass is 32.2. The summed E-state index contributed by atoms with van der Waals surface area (Å²) in [5.41, 5.74) is -5.50. The number of methoxy groups -OCH3 is 1. The molecule has 0 fully saturated rings. The van der Waals surface area contributed by atoms with Crippen LogP contribution in [0.1, 0.15) is 21.5 Å². The number of sulfone groups is 1. The molecule has 4 aromatic carbocycles. The predicted octanol–water partition coefficient (Wildman–Crippen LogP) is 6.97. The number of carbonyl (C=O) groups is 1. The van der Waals surface area contributed by atoms with Crippen molar-refractivity contribution in [1.82, 2.24) is 0 Å². The molecule has 214 valence electrons. The van der Waals surface area contributed by atoms with Crippen LogP contribution in [0.2, 0.25) is 0 Å². The van der Waals surface area contributed by atoms with Crippen LogP contribution < -0.4 is 9.47 Å². The van der Waals surface area contributed by atoms with Crippen LogP contribution in [0.4, 0.5) is 35.1 Å². The van der Waals surface area contributed by atoms with E-state index >= 15 is 0 Å². The zero-order chi connectivity index (χ0) is 30.4. The lowest BCUT2D eigenvalue weighted by atomic mass is 9.98. The third-order valence-electron chi connectivity index (χ3n) is 5.88. The van der Waals surface area contributed by atoms with E-state index in [2.05, 4.69) is 0 Å². The maximum atomic E-state index is 14.7. The summed E-state index contributed by atoms with van der Waals surface area (Å²) in [6.07, 6.45) is 0. The summed E-state index contributed by atoms with van der Waals surface area (Å²) >= 11 is 0. The van der Waals surface area contributed by atoms with Gasteiger partial charge in [0.2, 0.25) is 33.0 Å². The summed E-state index contributed by atoms with van der Waals surface area (Å²) in [7, 11) is -2.69. The molecule has 0 aromatic heterocycles. The molecule has 41 heavy (non-hydrogen) atoms. The lowest BCUT2D eigenvalue weighted by molar-refractivity contribution is 0.101. The molecule has 0 bridgehead atoms. The highest BCUT2D eigenvalue weighted by Gasteiger charge is 2.36. The molecule has 0 aliphatic heterocycles. The molecule has 0 aliphatic carbocycles. The Labute approximate surface area is 226 Å². The molecule has 0 aliphatic rings. The molecule has 0 unspecified atom stereocenters. The normalized spacial score (nSPS) is 11.5. The average Bonchev–Trinajstić information content (AvgIpc) is 2.96. The van der Waals surface area contributed by atoms with Crippen LogP contribution >= 0.6 is 0 Å². The summed E-state index contributed by atoms with van der Waals surface area (Å²) in [5, 5.41) is 0. The fourth-order valence-electron chi connectivity index (χ4n) is 3.66. The van der Waals surface area contributed by atoms with E-state index in [1.165, 1.54) is 31.4 Å². The van der Waals surface area contributed by atoms with E-state index in [1.807, 2.05) is 0 Å². The monoisotopic (exact) mass is 602 g/mol. The smallest absolute Gasteiger partial charge is 0.206 e. The van der Waals surface area contributed by atoms with Gasteiger partial charge in [-0.2, -0.15) is 8.78 Å². The van der Waals surface area contributed by atoms with Crippen LogP contribution in [0, 0.1) is 53.5 Å². The molecule has 0 spiro atoms. The van der Waals surface area contributed by atoms with Crippen molar-refractivity contribution >= 4 is 15.6 Å². The van der Waals surface area contributed by atoms with Gasteiger partial charge in [0.25, 0.3) is 0 Å². The predicted molar refractivity (Wildman–Crippen MR) is 126 cm³/mol. The van der Waals surface area contributed by atoms with Crippen molar-refractivity contribution in [3.05, 3.63) is 112 Å². The van der Waals surface area contributed by atoms with Crippen LogP contribution in [0.15, 0.2) is 58.3 Å². The van der Waals surface area contributed by atoms with Crippen molar-refractivity contribution < 1.29 is 57.8 Å². The average molecular weight is 602 g/mol. The molecule has 4 rings (SSSR count). The zero-order valence-electron chi connectivity index (χ0n) is 20.6. The molecule has 0 amide bonds. The number of halogens is 8. The first-order valence-electron chi connectivity index (χ1n) is 11.1. The van der Waals surface area contributed by atoms with Gasteiger partial charge in [0.15, 0.2) is 34.9 Å². The van der Waals surface area contributed by atoms with Gasteiger partial charge in [0.1, 0.15) is 22.6 Å². The van der Waals surface area contributed by atoms with E-state index in [9.17, 15) is 48.3 Å². The Balaban J connectivity index is 1.70. The van der Waals surface area contributed by atoms with Gasteiger partial charge < -0.3 is 9.47 Å². The Morgan fingerprint density at radius 3 is 1.34 bits per heavy atom. The Morgan fingerprint density at radius 2 is 0.951 bits per heavy atom. The van der Waals surface area contributed by atoms with Gasteiger partial charge in [-0.05, 0) is 55.5 Å². The molecule has 14 heteroatoms. The second-order valence-electron chi connectivity index (χ2n) is 8.30. The fraction of sp³-hybridized carbons (Fsp3) is 0.0741. The Kier molecular flexibility index (Phi) is 7.81. The summed E-state index contributed by atoms with van der Waals surface area (Å²) in [4.78, 5) is 12.0. The van der Waals surface area contributed by atoms with Crippen LogP contribution in [0.25, 0.3) is 0 Å². The quantitative estimate of drug-likeness (QED) is 0.130. The minimum atomic E-state index is -4.07. The van der Waals surface area contributed by atoms with Crippen molar-refractivity contribution in [1.29, 1.82) is 0 Å². The maximum Gasteiger partial charge on any atom is 0.206 e. The highest BCUT2D eigenvalue weighted by molar-refractivity contribution is 7.91. The first-order valence-corrected chi connectivity index (χ1v) is 12.6. The number of rotatable bonds is 7. The maximum absolute atomic E-state index is 14.7. The fourth-order valence-corrected chi connectivity index (χ4v) is 4.92. The second kappa shape index (κ2) is 10.8. The van der Waals surface area contributed by atoms with Gasteiger partial charge in [-0.25, -0.2) is 34.8 Å². The molecule has 0 saturated carbocycles. The number of benzene rings is 4. The minimum Gasteiger partial charge on any atom is -0.497 e. The topological polar surface area (TPSA) is 69.7 Å². The van der Waals surface area contributed by atoms with E-state index in [1.54, 1.807) is 0 Å². The number of ketones is 1. The number of carbonyl (C=O) groups excluding carboxylic acids is 1. The van der Waals surface area contributed by atoms with Crippen LogP contribution in [-0.4, -0.2) is 21.3 Å². The molecule has 0 N–H and O–H groups in total. The highest BCUT2D eigenvalue weighted by Crippen LogP contribution is 2.36. The lowest BCUT2D eigenvalue weighted by Crippen LogP contribution is -2.18. The van der Waals surface area contributed by atoms with E-state index in [-0.39, 0.29) is 9.79 Å². The van der Waals surface area contributed by atoms with Crippen molar-refractivity contribution in [2.75, 3.05) is 7.11 Å². The number of hydrogen-bond donors (Lipinski definition) is 0. The Morgan fingerprint density at radius 1 is 0.585 bits per heavy atom. The first-order chi connectivity index (χ1) is 19.2. The standard InChI is InChI=1S/C27H14F8O5S/c1-11-18(28)20(30)16(21(31)19(11)29)26(36)17-22(32)24(34)27(25(35)23(17)33)40-13-5-9-15(10-6-13)41(37,38)14-7-3-12(39-2)4-8-14/h3-10H,1-2H3. The van der Waals surface area contributed by atoms with Crippen molar-refractivity contribution in [2.45, 2.75) is 16.7 Å². The Bertz CT molecular complexity index is 1750. The van der Waals surface area contributed by atoms with Crippen LogP contribution in [0.3, 0.4) is 0 Å². The van der Waals surface area contributed by atoms with E-state index in [4.69, 9.17) is 9.47 Å². The molecule has 0 saturated heterocycles. The third kappa shape index (κ3) is 4.99. The Hall–Kier alpha value is -4.46. The second-order valence-corrected chi connectivity index (χ2v) is 10.2. The third-order valence-corrected chi connectivity index (χ3v) is 7.67. The van der Waals surface area contributed by atoms with E-state index in [0.717, 1.165) is 24.3 Å².